The molecule has 188 valence electrons. The first-order chi connectivity index (χ1) is 18.7. The molecule has 10 heteroatoms. The van der Waals surface area contributed by atoms with E-state index < -0.39 is 0 Å². The van der Waals surface area contributed by atoms with Gasteiger partial charge in [-0.1, -0.05) is 6.07 Å². The number of fused-ring (bicyclic) bond motifs is 2. The third-order valence-electron chi connectivity index (χ3n) is 7.07. The highest BCUT2D eigenvalue weighted by Gasteiger charge is 2.16. The van der Waals surface area contributed by atoms with E-state index in [2.05, 4.69) is 65.4 Å². The molecule has 2 N–H and O–H groups in total. The Morgan fingerprint density at radius 1 is 0.895 bits per heavy atom. The van der Waals surface area contributed by atoms with Gasteiger partial charge < -0.3 is 20.1 Å². The molecule has 1 aliphatic heterocycles. The van der Waals surface area contributed by atoms with Crippen LogP contribution in [0.4, 0.5) is 17.5 Å². The minimum atomic E-state index is 0.534. The predicted octanol–water partition coefficient (Wildman–Crippen LogP) is 4.23. The third kappa shape index (κ3) is 4.10. The Morgan fingerprint density at radius 2 is 1.82 bits per heavy atom. The van der Waals surface area contributed by atoms with E-state index in [0.29, 0.717) is 5.95 Å². The number of piperazine rings is 1. The van der Waals surface area contributed by atoms with E-state index in [4.69, 9.17) is 4.98 Å². The van der Waals surface area contributed by atoms with E-state index in [0.717, 1.165) is 76.5 Å². The van der Waals surface area contributed by atoms with Gasteiger partial charge in [-0.3, -0.25) is 4.98 Å². The van der Waals surface area contributed by atoms with Crippen LogP contribution in [0.15, 0.2) is 79.8 Å². The average Bonchev–Trinajstić information content (AvgIpc) is 3.58. The molecule has 0 atom stereocenters. The van der Waals surface area contributed by atoms with Crippen LogP contribution >= 0.6 is 0 Å². The molecule has 1 aliphatic rings. The Labute approximate surface area is 219 Å². The van der Waals surface area contributed by atoms with E-state index >= 15 is 0 Å². The molecule has 6 aromatic rings. The third-order valence-corrected chi connectivity index (χ3v) is 7.07. The summed E-state index contributed by atoms with van der Waals surface area (Å²) in [5.41, 5.74) is 6.86. The Kier molecular flexibility index (Phi) is 5.44. The number of nitrogens with zero attached hydrogens (tertiary/aromatic N) is 8. The van der Waals surface area contributed by atoms with E-state index in [9.17, 15) is 0 Å². The lowest BCUT2D eigenvalue weighted by molar-refractivity contribution is 0.312. The number of H-pyrrole nitrogens is 1. The molecule has 0 aliphatic carbocycles. The quantitative estimate of drug-likeness (QED) is 0.361. The predicted molar refractivity (Wildman–Crippen MR) is 149 cm³/mol. The maximum atomic E-state index is 4.74. The first-order valence-electron chi connectivity index (χ1n) is 12.6. The molecular weight excluding hydrogens is 476 g/mol. The van der Waals surface area contributed by atoms with Crippen LogP contribution in [0.2, 0.25) is 0 Å². The summed E-state index contributed by atoms with van der Waals surface area (Å²) in [6.07, 6.45) is 13.1. The summed E-state index contributed by atoms with van der Waals surface area (Å²) in [6, 6.07) is 12.2. The van der Waals surface area contributed by atoms with Gasteiger partial charge in [0.2, 0.25) is 5.95 Å². The Bertz CT molecular complexity index is 1730. The maximum Gasteiger partial charge on any atom is 0.229 e. The van der Waals surface area contributed by atoms with Crippen molar-refractivity contribution in [3.05, 3.63) is 79.8 Å². The second-order valence-electron chi connectivity index (χ2n) is 9.52. The first kappa shape index (κ1) is 22.4. The molecule has 0 radical (unpaired) electrons. The van der Waals surface area contributed by atoms with Gasteiger partial charge in [0.15, 0.2) is 0 Å². The van der Waals surface area contributed by atoms with E-state index in [1.807, 2.05) is 59.9 Å². The monoisotopic (exact) mass is 502 g/mol. The lowest BCUT2D eigenvalue weighted by atomic mass is 10.0. The van der Waals surface area contributed by atoms with Crippen LogP contribution in [0, 0.1) is 0 Å². The van der Waals surface area contributed by atoms with Crippen molar-refractivity contribution < 1.29 is 0 Å². The van der Waals surface area contributed by atoms with Crippen LogP contribution in [0.3, 0.4) is 0 Å². The van der Waals surface area contributed by atoms with Crippen molar-refractivity contribution in [3.8, 4) is 22.3 Å². The molecule has 6 aromatic heterocycles. The molecule has 0 spiro atoms. The number of hydrogen-bond donors (Lipinski definition) is 2. The molecule has 1 saturated heterocycles. The van der Waals surface area contributed by atoms with Gasteiger partial charge in [0.05, 0.1) is 11.7 Å². The summed E-state index contributed by atoms with van der Waals surface area (Å²) >= 11 is 0. The first-order valence-corrected chi connectivity index (χ1v) is 12.6. The van der Waals surface area contributed by atoms with Crippen molar-refractivity contribution in [2.45, 2.75) is 0 Å². The summed E-state index contributed by atoms with van der Waals surface area (Å²) in [7, 11) is 2.15. The van der Waals surface area contributed by atoms with Crippen molar-refractivity contribution in [2.24, 2.45) is 0 Å². The number of rotatable bonds is 5. The van der Waals surface area contributed by atoms with Crippen LogP contribution in [0.25, 0.3) is 38.8 Å². The maximum absolute atomic E-state index is 4.74. The van der Waals surface area contributed by atoms with Crippen LogP contribution < -0.4 is 10.2 Å². The van der Waals surface area contributed by atoms with Gasteiger partial charge in [-0.05, 0) is 36.9 Å². The summed E-state index contributed by atoms with van der Waals surface area (Å²) in [6.45, 7) is 4.00. The second kappa shape index (κ2) is 9.24. The van der Waals surface area contributed by atoms with Crippen molar-refractivity contribution in [1.29, 1.82) is 0 Å². The van der Waals surface area contributed by atoms with E-state index in [1.54, 1.807) is 6.20 Å². The van der Waals surface area contributed by atoms with Gasteiger partial charge in [-0.2, -0.15) is 10.1 Å². The number of aromatic nitrogens is 7. The van der Waals surface area contributed by atoms with Gasteiger partial charge in [0, 0.05) is 97.2 Å². The van der Waals surface area contributed by atoms with Gasteiger partial charge >= 0.3 is 0 Å². The highest BCUT2D eigenvalue weighted by Crippen LogP contribution is 2.32. The minimum Gasteiger partial charge on any atom is -0.354 e. The number of hydrogen-bond acceptors (Lipinski definition) is 8. The van der Waals surface area contributed by atoms with Crippen LogP contribution in [-0.4, -0.2) is 72.7 Å². The van der Waals surface area contributed by atoms with Crippen LogP contribution in [0.5, 0.6) is 0 Å². The van der Waals surface area contributed by atoms with Crippen molar-refractivity contribution >= 4 is 34.0 Å². The summed E-state index contributed by atoms with van der Waals surface area (Å²) in [4.78, 5) is 26.2. The van der Waals surface area contributed by atoms with Gasteiger partial charge in [0.1, 0.15) is 11.5 Å². The van der Waals surface area contributed by atoms with Gasteiger partial charge in [-0.25, -0.2) is 14.5 Å². The number of anilines is 3. The standard InChI is InChI=1S/C28H26N10/c1-36-9-11-37(12-10-36)26-14-21(4-7-30-26)34-28-32-17-24-22(16-31-27(24)35-28)19-5-8-38-25(13-19)23(18-33-38)20-3-2-6-29-15-20/h2-8,13-18H,9-12H2,1H3,(H2,30,31,32,34,35). The van der Waals surface area contributed by atoms with Gasteiger partial charge in [-0.15, -0.1) is 0 Å². The number of likely N-dealkylation sites (N-methyl/N-ethyl adjacent to an activating group) is 1. The minimum absolute atomic E-state index is 0.534. The topological polar surface area (TPSA) is 103 Å². The molecule has 0 saturated carbocycles. The van der Waals surface area contributed by atoms with Gasteiger partial charge in [0.25, 0.3) is 0 Å². The largest absolute Gasteiger partial charge is 0.354 e. The normalized spacial score (nSPS) is 14.4. The van der Waals surface area contributed by atoms with E-state index in [-0.39, 0.29) is 0 Å². The summed E-state index contributed by atoms with van der Waals surface area (Å²) in [5.74, 6) is 1.50. The average molecular weight is 503 g/mol. The number of pyridine rings is 3. The Morgan fingerprint density at radius 3 is 2.68 bits per heavy atom. The van der Waals surface area contributed by atoms with Crippen LogP contribution in [0.1, 0.15) is 0 Å². The molecule has 0 bridgehead atoms. The van der Waals surface area contributed by atoms with E-state index in [1.165, 1.54) is 0 Å². The Hall–Kier alpha value is -4.83. The fourth-order valence-electron chi connectivity index (χ4n) is 4.93. The molecule has 0 aromatic carbocycles. The zero-order valence-electron chi connectivity index (χ0n) is 20.9. The highest BCUT2D eigenvalue weighted by atomic mass is 15.3. The number of aromatic amines is 1. The molecule has 10 nitrogen and oxygen atoms in total. The van der Waals surface area contributed by atoms with Crippen molar-refractivity contribution in [1.82, 2.24) is 39.4 Å². The van der Waals surface area contributed by atoms with Crippen molar-refractivity contribution in [3.63, 3.8) is 0 Å². The lowest BCUT2D eigenvalue weighted by Gasteiger charge is -2.33. The molecule has 0 unspecified atom stereocenters. The molecular formula is C28H26N10. The highest BCUT2D eigenvalue weighted by molar-refractivity contribution is 5.95. The fourth-order valence-corrected chi connectivity index (χ4v) is 4.93. The molecule has 0 amide bonds. The van der Waals surface area contributed by atoms with Crippen molar-refractivity contribution in [2.75, 3.05) is 43.4 Å². The Balaban J connectivity index is 1.17. The zero-order chi connectivity index (χ0) is 25.5. The molecule has 38 heavy (non-hydrogen) atoms. The van der Waals surface area contributed by atoms with Crippen LogP contribution in [-0.2, 0) is 0 Å². The summed E-state index contributed by atoms with van der Waals surface area (Å²) in [5, 5.41) is 8.81. The zero-order valence-corrected chi connectivity index (χ0v) is 20.9. The smallest absolute Gasteiger partial charge is 0.229 e. The fraction of sp³-hybridized carbons (Fsp3) is 0.179. The summed E-state index contributed by atoms with van der Waals surface area (Å²) < 4.78 is 1.88. The second-order valence-corrected chi connectivity index (χ2v) is 9.52. The molecule has 1 fully saturated rings. The SMILES string of the molecule is CN1CCN(c2cc(Nc3ncc4c(-c5ccn6ncc(-c7cccnc7)c6c5)c[nH]c4n3)ccn2)CC1. The molecule has 7 rings (SSSR count). The number of nitrogens with one attached hydrogen (secondary N) is 2. The molecule has 7 heterocycles. The lowest BCUT2D eigenvalue weighted by Crippen LogP contribution is -2.44.